The number of H-pyrrole nitrogens is 1. The fraction of sp³-hybridized carbons (Fsp3) is 0.417. The molecule has 3 aromatic rings. The second-order valence-corrected chi connectivity index (χ2v) is 8.34. The van der Waals surface area contributed by atoms with Crippen LogP contribution in [0.25, 0.3) is 22.0 Å². The van der Waals surface area contributed by atoms with E-state index in [1.165, 1.54) is 0 Å². The van der Waals surface area contributed by atoms with E-state index in [0.717, 1.165) is 67.7 Å². The largest absolute Gasteiger partial charge is 0.478 e. The number of ether oxygens (including phenoxy) is 1. The highest BCUT2D eigenvalue weighted by Crippen LogP contribution is 2.28. The Balaban J connectivity index is 1.40. The summed E-state index contributed by atoms with van der Waals surface area (Å²) in [5.74, 6) is -0.417. The number of carboxylic acid groups (broad SMARTS) is 1. The average molecular weight is 439 g/mol. The van der Waals surface area contributed by atoms with Crippen LogP contribution in [0.15, 0.2) is 42.5 Å². The molecule has 8 heteroatoms. The summed E-state index contributed by atoms with van der Waals surface area (Å²) in [7, 11) is 1.73. The normalized spacial score (nSPS) is 16.4. The molecule has 1 aliphatic heterocycles. The zero-order chi connectivity index (χ0) is 22.5. The predicted octanol–water partition coefficient (Wildman–Crippen LogP) is 2.87. The van der Waals surface area contributed by atoms with E-state index in [0.29, 0.717) is 11.6 Å². The highest BCUT2D eigenvalue weighted by Gasteiger charge is 2.21. The fourth-order valence-corrected chi connectivity index (χ4v) is 4.24. The number of aliphatic hydroxyl groups is 1. The van der Waals surface area contributed by atoms with Crippen LogP contribution < -0.4 is 5.32 Å². The Labute approximate surface area is 187 Å². The number of carboxylic acids is 1. The lowest BCUT2D eigenvalue weighted by atomic mass is 9.96. The number of hydrogen-bond donors (Lipinski definition) is 4. The lowest BCUT2D eigenvalue weighted by Gasteiger charge is -2.32. The first-order chi connectivity index (χ1) is 15.5. The van der Waals surface area contributed by atoms with E-state index in [-0.39, 0.29) is 5.56 Å². The Hall–Kier alpha value is -2.78. The smallest absolute Gasteiger partial charge is 0.335 e. The van der Waals surface area contributed by atoms with E-state index in [1.807, 2.05) is 18.2 Å². The first-order valence-electron chi connectivity index (χ1n) is 11.0. The van der Waals surface area contributed by atoms with Gasteiger partial charge >= 0.3 is 5.97 Å². The van der Waals surface area contributed by atoms with Crippen molar-refractivity contribution in [3.63, 3.8) is 0 Å². The SMILES string of the molecule is COCCN1CCC(CNC(O)c2[nH]nc3ccc(-c4ccc(C(=O)O)cc4)cc23)CC1. The molecule has 2 aromatic carbocycles. The van der Waals surface area contributed by atoms with Gasteiger partial charge in [-0.15, -0.1) is 0 Å². The quantitative estimate of drug-likeness (QED) is 0.380. The summed E-state index contributed by atoms with van der Waals surface area (Å²) in [4.78, 5) is 13.5. The van der Waals surface area contributed by atoms with Crippen LogP contribution in [0.3, 0.4) is 0 Å². The highest BCUT2D eigenvalue weighted by molar-refractivity contribution is 5.90. The maximum absolute atomic E-state index is 11.1. The number of rotatable bonds is 9. The molecule has 4 rings (SSSR count). The van der Waals surface area contributed by atoms with Crippen LogP contribution in [0.2, 0.25) is 0 Å². The van der Waals surface area contributed by atoms with Gasteiger partial charge in [-0.05, 0) is 67.2 Å². The molecule has 0 bridgehead atoms. The van der Waals surface area contributed by atoms with Gasteiger partial charge in [0.1, 0.15) is 6.23 Å². The van der Waals surface area contributed by atoms with Crippen LogP contribution in [-0.2, 0) is 4.74 Å². The summed E-state index contributed by atoms with van der Waals surface area (Å²) in [5.41, 5.74) is 3.52. The first-order valence-corrected chi connectivity index (χ1v) is 11.0. The van der Waals surface area contributed by atoms with Gasteiger partial charge in [-0.2, -0.15) is 5.10 Å². The fourth-order valence-electron chi connectivity index (χ4n) is 4.24. The van der Waals surface area contributed by atoms with Gasteiger partial charge in [0, 0.05) is 25.6 Å². The van der Waals surface area contributed by atoms with Gasteiger partial charge in [0.05, 0.1) is 23.4 Å². The Kier molecular flexibility index (Phi) is 7.16. The number of aromatic nitrogens is 2. The number of carbonyl (C=O) groups is 1. The number of likely N-dealkylation sites (tertiary alicyclic amines) is 1. The van der Waals surface area contributed by atoms with E-state index in [9.17, 15) is 9.90 Å². The molecule has 4 N–H and O–H groups in total. The van der Waals surface area contributed by atoms with Crippen LogP contribution in [0.5, 0.6) is 0 Å². The van der Waals surface area contributed by atoms with Crippen molar-refractivity contribution in [3.8, 4) is 11.1 Å². The van der Waals surface area contributed by atoms with Gasteiger partial charge in [-0.3, -0.25) is 10.4 Å². The Bertz CT molecular complexity index is 1040. The zero-order valence-electron chi connectivity index (χ0n) is 18.3. The van der Waals surface area contributed by atoms with Crippen LogP contribution in [0, 0.1) is 5.92 Å². The average Bonchev–Trinajstić information content (AvgIpc) is 3.25. The molecule has 32 heavy (non-hydrogen) atoms. The topological polar surface area (TPSA) is 111 Å². The summed E-state index contributed by atoms with van der Waals surface area (Å²) in [6.45, 7) is 4.60. The second kappa shape index (κ2) is 10.2. The van der Waals surface area contributed by atoms with Crippen molar-refractivity contribution in [2.45, 2.75) is 19.1 Å². The van der Waals surface area contributed by atoms with E-state index in [1.54, 1.807) is 31.4 Å². The van der Waals surface area contributed by atoms with Crippen molar-refractivity contribution in [1.82, 2.24) is 20.4 Å². The lowest BCUT2D eigenvalue weighted by molar-refractivity contribution is 0.0697. The van der Waals surface area contributed by atoms with Crippen LogP contribution >= 0.6 is 0 Å². The van der Waals surface area contributed by atoms with Crippen LogP contribution in [0.1, 0.15) is 35.1 Å². The maximum Gasteiger partial charge on any atom is 0.335 e. The van der Waals surface area contributed by atoms with Gasteiger partial charge in [0.25, 0.3) is 0 Å². The van der Waals surface area contributed by atoms with Gasteiger partial charge in [-0.1, -0.05) is 18.2 Å². The molecule has 8 nitrogen and oxygen atoms in total. The number of benzene rings is 2. The third-order valence-corrected chi connectivity index (χ3v) is 6.24. The van der Waals surface area contributed by atoms with Crippen LogP contribution in [0.4, 0.5) is 0 Å². The number of aliphatic hydroxyl groups excluding tert-OH is 1. The number of aromatic amines is 1. The van der Waals surface area contributed by atoms with Crippen molar-refractivity contribution in [2.24, 2.45) is 5.92 Å². The molecule has 1 saturated heterocycles. The molecular weight excluding hydrogens is 408 g/mol. The highest BCUT2D eigenvalue weighted by atomic mass is 16.5. The molecule has 0 saturated carbocycles. The number of nitrogens with zero attached hydrogens (tertiary/aromatic N) is 2. The molecule has 1 aliphatic rings. The standard InChI is InChI=1S/C24H30N4O4/c1-32-13-12-28-10-8-16(9-11-28)15-25-23(29)22-20-14-19(6-7-21(20)26-27-22)17-2-4-18(5-3-17)24(30)31/h2-7,14,16,23,25,29H,8-13,15H2,1H3,(H,26,27)(H,30,31). The number of nitrogens with one attached hydrogen (secondary N) is 2. The Morgan fingerprint density at radius 1 is 1.22 bits per heavy atom. The molecular formula is C24H30N4O4. The molecule has 0 radical (unpaired) electrons. The van der Waals surface area contributed by atoms with E-state index in [4.69, 9.17) is 9.84 Å². The molecule has 0 spiro atoms. The number of methoxy groups -OCH3 is 1. The number of aromatic carboxylic acids is 1. The zero-order valence-corrected chi connectivity index (χ0v) is 18.3. The molecule has 170 valence electrons. The van der Waals surface area contributed by atoms with Crippen molar-refractivity contribution in [3.05, 3.63) is 53.7 Å². The Morgan fingerprint density at radius 3 is 2.62 bits per heavy atom. The summed E-state index contributed by atoms with van der Waals surface area (Å²) < 4.78 is 5.16. The van der Waals surface area contributed by atoms with Gasteiger partial charge < -0.3 is 19.8 Å². The van der Waals surface area contributed by atoms with Crippen molar-refractivity contribution >= 4 is 16.9 Å². The van der Waals surface area contributed by atoms with Gasteiger partial charge in [-0.25, -0.2) is 4.79 Å². The van der Waals surface area contributed by atoms with E-state index in [2.05, 4.69) is 20.4 Å². The minimum absolute atomic E-state index is 0.253. The lowest BCUT2D eigenvalue weighted by Crippen LogP contribution is -2.39. The Morgan fingerprint density at radius 2 is 1.94 bits per heavy atom. The minimum atomic E-state index is -0.945. The monoisotopic (exact) mass is 438 g/mol. The maximum atomic E-state index is 11.1. The summed E-state index contributed by atoms with van der Waals surface area (Å²) in [6.07, 6.45) is 1.36. The summed E-state index contributed by atoms with van der Waals surface area (Å²) in [5, 5.41) is 31.3. The minimum Gasteiger partial charge on any atom is -0.478 e. The molecule has 1 unspecified atom stereocenters. The third-order valence-electron chi connectivity index (χ3n) is 6.24. The predicted molar refractivity (Wildman–Crippen MR) is 122 cm³/mol. The van der Waals surface area contributed by atoms with E-state index < -0.39 is 12.2 Å². The first kappa shape index (κ1) is 22.4. The van der Waals surface area contributed by atoms with Crippen molar-refractivity contribution in [1.29, 1.82) is 0 Å². The second-order valence-electron chi connectivity index (χ2n) is 8.34. The molecule has 0 amide bonds. The summed E-state index contributed by atoms with van der Waals surface area (Å²) >= 11 is 0. The van der Waals surface area contributed by atoms with Crippen molar-refractivity contribution in [2.75, 3.05) is 39.9 Å². The summed E-state index contributed by atoms with van der Waals surface area (Å²) in [6, 6.07) is 12.6. The molecule has 2 heterocycles. The van der Waals surface area contributed by atoms with Gasteiger partial charge in [0.2, 0.25) is 0 Å². The van der Waals surface area contributed by atoms with E-state index >= 15 is 0 Å². The third kappa shape index (κ3) is 5.16. The van der Waals surface area contributed by atoms with Gasteiger partial charge in [0.15, 0.2) is 0 Å². The number of hydrogen-bond acceptors (Lipinski definition) is 6. The number of fused-ring (bicyclic) bond motifs is 1. The molecule has 1 atom stereocenters. The molecule has 1 aromatic heterocycles. The van der Waals surface area contributed by atoms with Crippen molar-refractivity contribution < 1.29 is 19.7 Å². The molecule has 1 fully saturated rings. The van der Waals surface area contributed by atoms with Crippen LogP contribution in [-0.4, -0.2) is 71.2 Å². The molecule has 0 aliphatic carbocycles. The number of piperidine rings is 1.